The number of hydrogen-bond donors (Lipinski definition) is 1. The van der Waals surface area contributed by atoms with Crippen molar-refractivity contribution in [1.82, 2.24) is 24.3 Å². The fraction of sp³-hybridized carbons (Fsp3) is 0.385. The number of nitrogens with zero attached hydrogens (tertiary/aromatic N) is 4. The predicted octanol–water partition coefficient (Wildman–Crippen LogP) is 4.90. The Balaban J connectivity index is 1.01. The molecule has 0 spiro atoms. The number of carbonyl (C=O) groups is 2. The highest BCUT2D eigenvalue weighted by Gasteiger charge is 2.23. The summed E-state index contributed by atoms with van der Waals surface area (Å²) in [5.41, 5.74) is 3.21. The number of Topliss-reactive ketones (excluding diaryl/α,β-unsaturated/α-hetero) is 1. The molecule has 5 rings (SSSR count). The first-order chi connectivity index (χ1) is 16.2. The van der Waals surface area contributed by atoms with Gasteiger partial charge < -0.3 is 14.3 Å². The van der Waals surface area contributed by atoms with E-state index in [1.54, 1.807) is 18.6 Å². The fourth-order valence-electron chi connectivity index (χ4n) is 4.81. The van der Waals surface area contributed by atoms with Gasteiger partial charge in [-0.1, -0.05) is 19.3 Å². The lowest BCUT2D eigenvalue weighted by Gasteiger charge is -2.32. The van der Waals surface area contributed by atoms with Crippen LogP contribution < -0.4 is 0 Å². The number of likely N-dealkylation sites (tertiary alicyclic amines) is 1. The van der Waals surface area contributed by atoms with Crippen LogP contribution in [0.25, 0.3) is 16.6 Å². The molecule has 0 unspecified atom stereocenters. The Morgan fingerprint density at radius 3 is 2.79 bits per heavy atom. The van der Waals surface area contributed by atoms with Gasteiger partial charge in [-0.3, -0.25) is 14.6 Å². The number of H-pyrrole nitrogens is 1. The lowest BCUT2D eigenvalue weighted by molar-refractivity contribution is 0.0685. The van der Waals surface area contributed by atoms with Crippen LogP contribution in [0.5, 0.6) is 0 Å². The van der Waals surface area contributed by atoms with Crippen LogP contribution in [0, 0.1) is 5.92 Å². The zero-order valence-corrected chi connectivity index (χ0v) is 18.7. The van der Waals surface area contributed by atoms with Crippen molar-refractivity contribution in [3.05, 3.63) is 66.5 Å². The van der Waals surface area contributed by atoms with E-state index in [2.05, 4.69) is 15.0 Å². The number of piperidine rings is 1. The van der Waals surface area contributed by atoms with Gasteiger partial charge in [-0.15, -0.1) is 0 Å². The number of nitrogens with one attached hydrogen (secondary N) is 1. The Morgan fingerprint density at radius 1 is 1.06 bits per heavy atom. The van der Waals surface area contributed by atoms with Crippen molar-refractivity contribution in [2.24, 2.45) is 5.92 Å². The molecule has 0 atom stereocenters. The van der Waals surface area contributed by atoms with E-state index in [4.69, 9.17) is 0 Å². The van der Waals surface area contributed by atoms with Crippen LogP contribution in [-0.4, -0.2) is 49.0 Å². The average Bonchev–Trinajstić information content (AvgIpc) is 3.50. The molecule has 7 heteroatoms. The lowest BCUT2D eigenvalue weighted by Crippen LogP contribution is -2.38. The number of unbranched alkanes of at least 4 members (excludes halogenated alkanes) is 2. The molecule has 4 aromatic heterocycles. The predicted molar refractivity (Wildman–Crippen MR) is 127 cm³/mol. The SMILES string of the molecule is O=C(CCCCCC1CCN(C(=O)c2ccc3nccn3c2)CC1)c1cc2cnccc2[nH]1. The maximum Gasteiger partial charge on any atom is 0.255 e. The minimum absolute atomic E-state index is 0.107. The van der Waals surface area contributed by atoms with Crippen LogP contribution in [0.1, 0.15) is 65.8 Å². The summed E-state index contributed by atoms with van der Waals surface area (Å²) >= 11 is 0. The molecule has 0 radical (unpaired) electrons. The summed E-state index contributed by atoms with van der Waals surface area (Å²) in [7, 11) is 0. The smallest absolute Gasteiger partial charge is 0.255 e. The van der Waals surface area contributed by atoms with E-state index < -0.39 is 0 Å². The number of ketones is 1. The van der Waals surface area contributed by atoms with Gasteiger partial charge in [0.2, 0.25) is 0 Å². The van der Waals surface area contributed by atoms with E-state index in [0.29, 0.717) is 18.0 Å². The first kappa shape index (κ1) is 21.4. The second kappa shape index (κ2) is 9.57. The fourth-order valence-corrected chi connectivity index (χ4v) is 4.81. The summed E-state index contributed by atoms with van der Waals surface area (Å²) in [4.78, 5) is 38.8. The van der Waals surface area contributed by atoms with Gasteiger partial charge >= 0.3 is 0 Å². The molecule has 170 valence electrons. The van der Waals surface area contributed by atoms with Gasteiger partial charge in [0.25, 0.3) is 5.91 Å². The highest BCUT2D eigenvalue weighted by molar-refractivity contribution is 5.99. The van der Waals surface area contributed by atoms with Crippen molar-refractivity contribution in [2.75, 3.05) is 13.1 Å². The summed E-state index contributed by atoms with van der Waals surface area (Å²) in [5.74, 6) is 0.948. The summed E-state index contributed by atoms with van der Waals surface area (Å²) < 4.78 is 1.89. The van der Waals surface area contributed by atoms with Crippen LogP contribution in [-0.2, 0) is 0 Å². The molecule has 1 saturated heterocycles. The van der Waals surface area contributed by atoms with E-state index in [-0.39, 0.29) is 11.7 Å². The normalized spacial score (nSPS) is 14.8. The maximum absolute atomic E-state index is 12.9. The van der Waals surface area contributed by atoms with Gasteiger partial charge in [0.15, 0.2) is 5.78 Å². The van der Waals surface area contributed by atoms with E-state index in [1.807, 2.05) is 46.0 Å². The summed E-state index contributed by atoms with van der Waals surface area (Å²) in [6.45, 7) is 1.64. The number of hydrogen-bond acceptors (Lipinski definition) is 4. The topological polar surface area (TPSA) is 83.4 Å². The van der Waals surface area contributed by atoms with E-state index in [1.165, 1.54) is 6.42 Å². The number of imidazole rings is 1. The molecule has 5 heterocycles. The quantitative estimate of drug-likeness (QED) is 0.310. The average molecular weight is 444 g/mol. The van der Waals surface area contributed by atoms with E-state index in [9.17, 15) is 9.59 Å². The standard InChI is InChI=1S/C26H29N5O2/c32-24(23-16-21-17-27-11-8-22(21)29-23)5-3-1-2-4-19-9-13-30(14-10-19)26(33)20-6-7-25-28-12-15-31(25)18-20/h6-8,11-12,15-19,29H,1-5,9-10,13-14H2. The molecule has 1 aliphatic rings. The Labute approximate surface area is 192 Å². The van der Waals surface area contributed by atoms with Crippen LogP contribution >= 0.6 is 0 Å². The van der Waals surface area contributed by atoms with Crippen molar-refractivity contribution < 1.29 is 9.59 Å². The molecular weight excluding hydrogens is 414 g/mol. The zero-order chi connectivity index (χ0) is 22.6. The zero-order valence-electron chi connectivity index (χ0n) is 18.7. The third-order valence-corrected chi connectivity index (χ3v) is 6.78. The summed E-state index contributed by atoms with van der Waals surface area (Å²) in [5, 5.41) is 0.980. The van der Waals surface area contributed by atoms with Crippen LogP contribution in [0.3, 0.4) is 0 Å². The molecule has 0 aromatic carbocycles. The van der Waals surface area contributed by atoms with Gasteiger partial charge in [-0.2, -0.15) is 0 Å². The molecule has 1 fully saturated rings. The number of amides is 1. The molecule has 0 saturated carbocycles. The highest BCUT2D eigenvalue weighted by Crippen LogP contribution is 2.25. The highest BCUT2D eigenvalue weighted by atomic mass is 16.2. The molecule has 0 bridgehead atoms. The van der Waals surface area contributed by atoms with E-state index >= 15 is 0 Å². The number of carbonyl (C=O) groups excluding carboxylic acids is 2. The third kappa shape index (κ3) is 4.82. The largest absolute Gasteiger partial charge is 0.352 e. The van der Waals surface area contributed by atoms with Gasteiger partial charge in [0.1, 0.15) is 5.65 Å². The number of fused-ring (bicyclic) bond motifs is 2. The van der Waals surface area contributed by atoms with Crippen molar-refractivity contribution in [3.63, 3.8) is 0 Å². The summed E-state index contributed by atoms with van der Waals surface area (Å²) in [6.07, 6.45) is 16.0. The molecule has 1 aliphatic heterocycles. The van der Waals surface area contributed by atoms with Crippen molar-refractivity contribution >= 4 is 28.2 Å². The Bertz CT molecular complexity index is 1230. The summed E-state index contributed by atoms with van der Waals surface area (Å²) in [6, 6.07) is 7.54. The first-order valence-corrected chi connectivity index (χ1v) is 11.9. The minimum Gasteiger partial charge on any atom is -0.352 e. The first-order valence-electron chi connectivity index (χ1n) is 11.9. The third-order valence-electron chi connectivity index (χ3n) is 6.78. The molecule has 0 aliphatic carbocycles. The van der Waals surface area contributed by atoms with Crippen LogP contribution in [0.4, 0.5) is 0 Å². The molecule has 4 aromatic rings. The van der Waals surface area contributed by atoms with Gasteiger partial charge in [-0.05, 0) is 49.4 Å². The van der Waals surface area contributed by atoms with Crippen molar-refractivity contribution in [3.8, 4) is 0 Å². The van der Waals surface area contributed by atoms with E-state index in [0.717, 1.165) is 67.3 Å². The second-order valence-electron chi connectivity index (χ2n) is 9.01. The molecule has 7 nitrogen and oxygen atoms in total. The van der Waals surface area contributed by atoms with Gasteiger partial charge in [-0.25, -0.2) is 4.98 Å². The van der Waals surface area contributed by atoms with Gasteiger partial charge in [0.05, 0.1) is 11.3 Å². The minimum atomic E-state index is 0.107. The Morgan fingerprint density at radius 2 is 1.94 bits per heavy atom. The molecule has 1 amide bonds. The second-order valence-corrected chi connectivity index (χ2v) is 9.01. The van der Waals surface area contributed by atoms with Crippen molar-refractivity contribution in [1.29, 1.82) is 0 Å². The number of aromatic nitrogens is 4. The lowest BCUT2D eigenvalue weighted by atomic mass is 9.90. The van der Waals surface area contributed by atoms with Crippen LogP contribution in [0.2, 0.25) is 0 Å². The molecule has 1 N–H and O–H groups in total. The van der Waals surface area contributed by atoms with Gasteiger partial charge in [0, 0.05) is 61.4 Å². The monoisotopic (exact) mass is 443 g/mol. The molecule has 33 heavy (non-hydrogen) atoms. The Hall–Kier alpha value is -3.48. The number of pyridine rings is 2. The van der Waals surface area contributed by atoms with Crippen molar-refractivity contribution in [2.45, 2.75) is 44.9 Å². The van der Waals surface area contributed by atoms with Crippen LogP contribution in [0.15, 0.2) is 55.2 Å². The molecular formula is C26H29N5O2. The Kier molecular flexibility index (Phi) is 6.19. The number of aromatic amines is 1. The maximum atomic E-state index is 12.9. The number of rotatable bonds is 8.